The van der Waals surface area contributed by atoms with Crippen LogP contribution in [0.1, 0.15) is 58.0 Å². The predicted octanol–water partition coefficient (Wildman–Crippen LogP) is 3.73. The van der Waals surface area contributed by atoms with Crippen molar-refractivity contribution >= 4 is 0 Å². The third kappa shape index (κ3) is 3.58. The summed E-state index contributed by atoms with van der Waals surface area (Å²) >= 11 is 0. The Balaban J connectivity index is 2.66. The van der Waals surface area contributed by atoms with Gasteiger partial charge in [-0.15, -0.1) is 0 Å². The maximum Gasteiger partial charge on any atom is 0.131 e. The Morgan fingerprint density at radius 1 is 1.45 bits per heavy atom. The van der Waals surface area contributed by atoms with Crippen LogP contribution >= 0.6 is 0 Å². The van der Waals surface area contributed by atoms with Crippen LogP contribution in [-0.4, -0.2) is 30.1 Å². The van der Waals surface area contributed by atoms with E-state index in [-0.39, 0.29) is 5.56 Å². The molecule has 112 valence electrons. The van der Waals surface area contributed by atoms with Crippen LogP contribution in [0.25, 0.3) is 0 Å². The summed E-state index contributed by atoms with van der Waals surface area (Å²) < 4.78 is 92.3. The molecule has 0 amide bonds. The van der Waals surface area contributed by atoms with Crippen molar-refractivity contribution in [2.45, 2.75) is 58.7 Å². The molecule has 0 aromatic heterocycles. The van der Waals surface area contributed by atoms with Crippen LogP contribution in [0.15, 0.2) is 18.2 Å². The number of rotatable bonds is 2. The summed E-state index contributed by atoms with van der Waals surface area (Å²) in [6.07, 6.45) is -5.87. The Kier molecular flexibility index (Phi) is 2.15. The van der Waals surface area contributed by atoms with Crippen molar-refractivity contribution in [2.75, 3.05) is 13.0 Å². The first kappa shape index (κ1) is 7.37. The highest BCUT2D eigenvalue weighted by Gasteiger charge is 2.25. The third-order valence-corrected chi connectivity index (χ3v) is 3.00. The van der Waals surface area contributed by atoms with Crippen LogP contribution in [0.5, 0.6) is 0 Å². The molecule has 2 nitrogen and oxygen atoms in total. The van der Waals surface area contributed by atoms with E-state index >= 15 is 4.39 Å². The minimum Gasteiger partial charge on any atom is -0.373 e. The predicted molar refractivity (Wildman–Crippen MR) is 80.4 cm³/mol. The fourth-order valence-corrected chi connectivity index (χ4v) is 2.07. The monoisotopic (exact) mass is 288 g/mol. The van der Waals surface area contributed by atoms with Crippen molar-refractivity contribution in [3.63, 3.8) is 0 Å². The third-order valence-electron chi connectivity index (χ3n) is 3.00. The Labute approximate surface area is 134 Å². The summed E-state index contributed by atoms with van der Waals surface area (Å²) in [5.41, 5.74) is -0.327. The molecule has 2 atom stereocenters. The number of nitrogens with zero attached hydrogens (tertiary/aromatic N) is 1. The topological polar surface area (TPSA) is 12.5 Å². The average Bonchev–Trinajstić information content (AvgIpc) is 2.49. The molecule has 2 rings (SSSR count). The Morgan fingerprint density at radius 2 is 2.15 bits per heavy atom. The van der Waals surface area contributed by atoms with Gasteiger partial charge in [0.2, 0.25) is 0 Å². The molecule has 0 spiro atoms. The zero-order valence-corrected chi connectivity index (χ0v) is 12.2. The minimum atomic E-state index is -3.33. The van der Waals surface area contributed by atoms with Crippen LogP contribution in [-0.2, 0) is 16.7 Å². The van der Waals surface area contributed by atoms with Crippen molar-refractivity contribution in [2.24, 2.45) is 0 Å². The number of morpholine rings is 1. The lowest BCUT2D eigenvalue weighted by Gasteiger charge is -2.35. The molecule has 1 saturated heterocycles. The highest BCUT2D eigenvalue weighted by atomic mass is 19.1. The van der Waals surface area contributed by atoms with E-state index in [2.05, 4.69) is 0 Å². The second kappa shape index (κ2) is 5.82. The fourth-order valence-electron chi connectivity index (χ4n) is 2.07. The lowest BCUT2D eigenvalue weighted by atomic mass is 9.85. The number of ether oxygens (including phenoxy) is 1. The quantitative estimate of drug-likeness (QED) is 0.822. The van der Waals surface area contributed by atoms with Crippen molar-refractivity contribution in [1.82, 2.24) is 4.90 Å². The summed E-state index contributed by atoms with van der Waals surface area (Å²) in [6, 6.07) is 4.45. The van der Waals surface area contributed by atoms with E-state index in [1.165, 1.54) is 6.07 Å². The number of hydrogen-bond donors (Lipinski definition) is 0. The molecule has 0 bridgehead atoms. The maximum absolute atomic E-state index is 15.1. The second-order valence-electron chi connectivity index (χ2n) is 5.83. The van der Waals surface area contributed by atoms with E-state index < -0.39 is 49.8 Å². The normalized spacial score (nSPS) is 44.5. The van der Waals surface area contributed by atoms with Gasteiger partial charge in [0.05, 0.1) is 14.9 Å². The Hall–Kier alpha value is -0.930. The van der Waals surface area contributed by atoms with Gasteiger partial charge in [-0.2, -0.15) is 0 Å². The SMILES string of the molecule is [2H]C([2H])([2H])C1([2H])OC([2H])(C)C([2H])([2H])N(Cc2cccc(C(C)(C)C)c2F)C1([2H])[2H]. The Bertz CT molecular complexity index is 788. The molecular formula is C17H26FNO. The first-order valence-corrected chi connectivity index (χ1v) is 6.46. The van der Waals surface area contributed by atoms with E-state index in [0.29, 0.717) is 10.5 Å². The molecule has 1 aliphatic heterocycles. The smallest absolute Gasteiger partial charge is 0.131 e. The molecule has 1 aliphatic rings. The van der Waals surface area contributed by atoms with Crippen LogP contribution in [0.2, 0.25) is 0 Å². The molecule has 20 heavy (non-hydrogen) atoms. The molecule has 1 fully saturated rings. The molecular weight excluding hydrogens is 253 g/mol. The largest absolute Gasteiger partial charge is 0.373 e. The molecule has 0 N–H and O–H groups in total. The zero-order chi connectivity index (χ0) is 22.8. The van der Waals surface area contributed by atoms with Gasteiger partial charge in [-0.3, -0.25) is 4.90 Å². The zero-order valence-electron chi connectivity index (χ0n) is 21.2. The molecule has 0 aliphatic carbocycles. The molecule has 1 aromatic carbocycles. The van der Waals surface area contributed by atoms with Gasteiger partial charge in [-0.05, 0) is 24.8 Å². The molecule has 3 heteroatoms. The van der Waals surface area contributed by atoms with Gasteiger partial charge in [-0.25, -0.2) is 4.39 Å². The van der Waals surface area contributed by atoms with Gasteiger partial charge >= 0.3 is 0 Å². The van der Waals surface area contributed by atoms with E-state index in [1.807, 2.05) is 0 Å². The van der Waals surface area contributed by atoms with Crippen LogP contribution in [0.4, 0.5) is 4.39 Å². The van der Waals surface area contributed by atoms with Gasteiger partial charge in [0, 0.05) is 34.7 Å². The summed E-state index contributed by atoms with van der Waals surface area (Å²) in [5.74, 6) is -0.672. The lowest BCUT2D eigenvalue weighted by Crippen LogP contribution is -2.45. The maximum atomic E-state index is 15.1. The van der Waals surface area contributed by atoms with Crippen LogP contribution < -0.4 is 0 Å². The molecule has 1 heterocycles. The first-order valence-electron chi connectivity index (χ1n) is 11.0. The molecule has 1 aromatic rings. The lowest BCUT2D eigenvalue weighted by molar-refractivity contribution is -0.0707. The van der Waals surface area contributed by atoms with Gasteiger partial charge in [-0.1, -0.05) is 39.0 Å². The van der Waals surface area contributed by atoms with Crippen molar-refractivity contribution in [3.8, 4) is 0 Å². The molecule has 0 radical (unpaired) electrons. The highest BCUT2D eigenvalue weighted by Crippen LogP contribution is 2.27. The molecule has 2 unspecified atom stereocenters. The van der Waals surface area contributed by atoms with E-state index in [1.54, 1.807) is 32.9 Å². The summed E-state index contributed by atoms with van der Waals surface area (Å²) in [7, 11) is 0. The standard InChI is InChI=1S/C17H26FNO/c1-12-9-19(10-13(2)20-12)11-14-7-6-8-15(16(14)18)17(3,4)5/h6-8,12-13H,9-11H2,1-5H3/i1D3,9D2,10D2,12D,13D. The average molecular weight is 288 g/mol. The van der Waals surface area contributed by atoms with Gasteiger partial charge < -0.3 is 4.74 Å². The van der Waals surface area contributed by atoms with Crippen molar-refractivity contribution < 1.29 is 21.5 Å². The second-order valence-corrected chi connectivity index (χ2v) is 5.83. The van der Waals surface area contributed by atoms with E-state index in [0.717, 1.165) is 6.92 Å². The van der Waals surface area contributed by atoms with Crippen LogP contribution in [0.3, 0.4) is 0 Å². The van der Waals surface area contributed by atoms with Gasteiger partial charge in [0.1, 0.15) is 5.82 Å². The molecule has 0 saturated carbocycles. The van der Waals surface area contributed by atoms with Crippen molar-refractivity contribution in [3.05, 3.63) is 35.1 Å². The van der Waals surface area contributed by atoms with E-state index in [4.69, 9.17) is 17.1 Å². The highest BCUT2D eigenvalue weighted by molar-refractivity contribution is 5.31. The number of hydrogen-bond acceptors (Lipinski definition) is 2. The Morgan fingerprint density at radius 3 is 2.80 bits per heavy atom. The van der Waals surface area contributed by atoms with Crippen LogP contribution in [0, 0.1) is 5.82 Å². The number of benzene rings is 1. The number of halogens is 1. The van der Waals surface area contributed by atoms with E-state index in [9.17, 15) is 0 Å². The van der Waals surface area contributed by atoms with Gasteiger partial charge in [0.15, 0.2) is 0 Å². The summed E-state index contributed by atoms with van der Waals surface area (Å²) in [5, 5.41) is 0. The van der Waals surface area contributed by atoms with Gasteiger partial charge in [0.25, 0.3) is 0 Å². The first-order chi connectivity index (χ1) is 12.7. The van der Waals surface area contributed by atoms with Crippen molar-refractivity contribution in [1.29, 1.82) is 0 Å². The summed E-state index contributed by atoms with van der Waals surface area (Å²) in [6.45, 7) is -3.81. The fraction of sp³-hybridized carbons (Fsp3) is 0.647. The minimum absolute atomic E-state index is 0.0734. The summed E-state index contributed by atoms with van der Waals surface area (Å²) in [4.78, 5) is 0.403.